The third-order valence-electron chi connectivity index (χ3n) is 4.50. The zero-order chi connectivity index (χ0) is 18.8. The molecule has 0 aliphatic rings. The Morgan fingerprint density at radius 3 is 2.58 bits per heavy atom. The standard InChI is InChI=1S/C22H23NO3/c1-13-6-7-19(15(3)8-13)23-22(24)9-14(2)17-10-18-16(4)12-26-21(18)11-20(17)25-5/h6-12H,1-5H3,(H,23,24)/b14-9+. The molecule has 0 spiro atoms. The number of amides is 1. The van der Waals surface area contributed by atoms with E-state index in [-0.39, 0.29) is 5.91 Å². The van der Waals surface area contributed by atoms with Gasteiger partial charge in [0.05, 0.1) is 13.4 Å². The van der Waals surface area contributed by atoms with E-state index in [4.69, 9.17) is 9.15 Å². The largest absolute Gasteiger partial charge is 0.496 e. The molecule has 0 saturated heterocycles. The fourth-order valence-corrected chi connectivity index (χ4v) is 3.06. The minimum atomic E-state index is -0.166. The first-order valence-corrected chi connectivity index (χ1v) is 8.52. The Bertz CT molecular complexity index is 1010. The molecule has 3 aromatic rings. The number of carbonyl (C=O) groups excluding carboxylic acids is 1. The van der Waals surface area contributed by atoms with Gasteiger partial charge in [0, 0.05) is 28.8 Å². The summed E-state index contributed by atoms with van der Waals surface area (Å²) in [4.78, 5) is 12.5. The van der Waals surface area contributed by atoms with Crippen LogP contribution in [0.15, 0.2) is 47.1 Å². The molecule has 0 saturated carbocycles. The van der Waals surface area contributed by atoms with Crippen molar-refractivity contribution in [2.24, 2.45) is 0 Å². The molecule has 26 heavy (non-hydrogen) atoms. The number of hydrogen-bond acceptors (Lipinski definition) is 3. The molecular formula is C22H23NO3. The summed E-state index contributed by atoms with van der Waals surface area (Å²) in [5.74, 6) is 0.514. The normalized spacial score (nSPS) is 11.7. The number of ether oxygens (including phenoxy) is 1. The molecule has 1 heterocycles. The van der Waals surface area contributed by atoms with Gasteiger partial charge in [-0.25, -0.2) is 0 Å². The summed E-state index contributed by atoms with van der Waals surface area (Å²) in [6.07, 6.45) is 3.32. The molecule has 1 aromatic heterocycles. The number of allylic oxidation sites excluding steroid dienone is 1. The highest BCUT2D eigenvalue weighted by molar-refractivity contribution is 6.05. The molecule has 0 aliphatic heterocycles. The molecule has 3 rings (SSSR count). The van der Waals surface area contributed by atoms with Gasteiger partial charge in [-0.1, -0.05) is 17.7 Å². The Hall–Kier alpha value is -3.01. The third-order valence-corrected chi connectivity index (χ3v) is 4.50. The summed E-state index contributed by atoms with van der Waals surface area (Å²) < 4.78 is 11.0. The first-order valence-electron chi connectivity index (χ1n) is 8.52. The van der Waals surface area contributed by atoms with E-state index in [1.807, 2.05) is 58.0 Å². The highest BCUT2D eigenvalue weighted by Crippen LogP contribution is 2.33. The Morgan fingerprint density at radius 2 is 1.88 bits per heavy atom. The van der Waals surface area contributed by atoms with Crippen molar-refractivity contribution >= 4 is 28.1 Å². The first-order chi connectivity index (χ1) is 12.4. The molecule has 0 fully saturated rings. The van der Waals surface area contributed by atoms with Crippen molar-refractivity contribution in [2.45, 2.75) is 27.7 Å². The van der Waals surface area contributed by atoms with Crippen molar-refractivity contribution < 1.29 is 13.9 Å². The number of anilines is 1. The molecule has 0 aliphatic carbocycles. The van der Waals surface area contributed by atoms with Gasteiger partial charge in [-0.15, -0.1) is 0 Å². The summed E-state index contributed by atoms with van der Waals surface area (Å²) in [5.41, 5.74) is 6.55. The zero-order valence-corrected chi connectivity index (χ0v) is 15.8. The zero-order valence-electron chi connectivity index (χ0n) is 15.8. The van der Waals surface area contributed by atoms with Crippen molar-refractivity contribution in [2.75, 3.05) is 12.4 Å². The summed E-state index contributed by atoms with van der Waals surface area (Å²) >= 11 is 0. The van der Waals surface area contributed by atoms with E-state index in [0.717, 1.165) is 38.9 Å². The van der Waals surface area contributed by atoms with Crippen LogP contribution < -0.4 is 10.1 Å². The quantitative estimate of drug-likeness (QED) is 0.641. The van der Waals surface area contributed by atoms with Gasteiger partial charge in [0.15, 0.2) is 0 Å². The van der Waals surface area contributed by atoms with Gasteiger partial charge < -0.3 is 14.5 Å². The maximum absolute atomic E-state index is 12.5. The van der Waals surface area contributed by atoms with E-state index in [9.17, 15) is 4.79 Å². The van der Waals surface area contributed by atoms with E-state index < -0.39 is 0 Å². The Balaban J connectivity index is 1.92. The number of rotatable bonds is 4. The van der Waals surface area contributed by atoms with Crippen molar-refractivity contribution in [3.05, 3.63) is 64.9 Å². The molecule has 0 radical (unpaired) electrons. The molecule has 0 unspecified atom stereocenters. The molecule has 2 aromatic carbocycles. The summed E-state index contributed by atoms with van der Waals surface area (Å²) in [6, 6.07) is 9.82. The topological polar surface area (TPSA) is 51.5 Å². The lowest BCUT2D eigenvalue weighted by Gasteiger charge is -2.11. The summed E-state index contributed by atoms with van der Waals surface area (Å²) in [5, 5.41) is 3.96. The average molecular weight is 349 g/mol. The molecule has 0 bridgehead atoms. The molecule has 0 atom stereocenters. The average Bonchev–Trinajstić information content (AvgIpc) is 2.96. The molecule has 1 N–H and O–H groups in total. The summed E-state index contributed by atoms with van der Waals surface area (Å²) in [7, 11) is 1.61. The van der Waals surface area contributed by atoms with Crippen LogP contribution >= 0.6 is 0 Å². The number of fused-ring (bicyclic) bond motifs is 1. The maximum Gasteiger partial charge on any atom is 0.248 e. The predicted molar refractivity (Wildman–Crippen MR) is 106 cm³/mol. The van der Waals surface area contributed by atoms with Gasteiger partial charge >= 0.3 is 0 Å². The van der Waals surface area contributed by atoms with E-state index in [0.29, 0.717) is 5.75 Å². The lowest BCUT2D eigenvalue weighted by molar-refractivity contribution is -0.111. The molecule has 4 heteroatoms. The van der Waals surface area contributed by atoms with Gasteiger partial charge in [0.2, 0.25) is 5.91 Å². The van der Waals surface area contributed by atoms with Crippen LogP contribution in [0.3, 0.4) is 0 Å². The van der Waals surface area contributed by atoms with E-state index >= 15 is 0 Å². The van der Waals surface area contributed by atoms with Gasteiger partial charge in [-0.05, 0) is 56.5 Å². The van der Waals surface area contributed by atoms with E-state index in [1.54, 1.807) is 19.4 Å². The van der Waals surface area contributed by atoms with Crippen molar-refractivity contribution in [1.82, 2.24) is 0 Å². The van der Waals surface area contributed by atoms with E-state index in [2.05, 4.69) is 5.32 Å². The van der Waals surface area contributed by atoms with Crippen molar-refractivity contribution in [1.29, 1.82) is 0 Å². The minimum Gasteiger partial charge on any atom is -0.496 e. The van der Waals surface area contributed by atoms with Crippen LogP contribution in [0.4, 0.5) is 5.69 Å². The van der Waals surface area contributed by atoms with Crippen LogP contribution in [-0.4, -0.2) is 13.0 Å². The number of nitrogens with one attached hydrogen (secondary N) is 1. The molecule has 4 nitrogen and oxygen atoms in total. The van der Waals surface area contributed by atoms with Crippen LogP contribution in [0.2, 0.25) is 0 Å². The van der Waals surface area contributed by atoms with Crippen LogP contribution in [-0.2, 0) is 4.79 Å². The lowest BCUT2D eigenvalue weighted by atomic mass is 10.0. The lowest BCUT2D eigenvalue weighted by Crippen LogP contribution is -2.10. The smallest absolute Gasteiger partial charge is 0.248 e. The summed E-state index contributed by atoms with van der Waals surface area (Å²) in [6.45, 7) is 7.91. The number of hydrogen-bond donors (Lipinski definition) is 1. The Kier molecular flexibility index (Phi) is 4.85. The predicted octanol–water partition coefficient (Wildman–Crippen LogP) is 5.41. The van der Waals surface area contributed by atoms with Crippen LogP contribution in [0.1, 0.15) is 29.2 Å². The Labute approximate surface area is 153 Å². The molecular weight excluding hydrogens is 326 g/mol. The fourth-order valence-electron chi connectivity index (χ4n) is 3.06. The minimum absolute atomic E-state index is 0.166. The van der Waals surface area contributed by atoms with Gasteiger partial charge in [0.1, 0.15) is 11.3 Å². The second kappa shape index (κ2) is 7.08. The van der Waals surface area contributed by atoms with Gasteiger partial charge in [-0.3, -0.25) is 4.79 Å². The maximum atomic E-state index is 12.5. The van der Waals surface area contributed by atoms with Crippen LogP contribution in [0, 0.1) is 20.8 Å². The van der Waals surface area contributed by atoms with E-state index in [1.165, 1.54) is 5.56 Å². The van der Waals surface area contributed by atoms with Gasteiger partial charge in [0.25, 0.3) is 0 Å². The van der Waals surface area contributed by atoms with Crippen LogP contribution in [0.25, 0.3) is 16.5 Å². The number of carbonyl (C=O) groups is 1. The van der Waals surface area contributed by atoms with Crippen LogP contribution in [0.5, 0.6) is 5.75 Å². The SMILES string of the molecule is COc1cc2occ(C)c2cc1/C(C)=C/C(=O)Nc1ccc(C)cc1C. The second-order valence-electron chi connectivity index (χ2n) is 6.60. The van der Waals surface area contributed by atoms with Crippen molar-refractivity contribution in [3.63, 3.8) is 0 Å². The van der Waals surface area contributed by atoms with Gasteiger partial charge in [-0.2, -0.15) is 0 Å². The third kappa shape index (κ3) is 3.49. The molecule has 134 valence electrons. The highest BCUT2D eigenvalue weighted by Gasteiger charge is 2.12. The molecule has 1 amide bonds. The second-order valence-corrected chi connectivity index (χ2v) is 6.60. The number of furan rings is 1. The first kappa shape index (κ1) is 17.8. The fraction of sp³-hybridized carbons (Fsp3) is 0.227. The van der Waals surface area contributed by atoms with Crippen molar-refractivity contribution in [3.8, 4) is 5.75 Å². The Morgan fingerprint density at radius 1 is 1.12 bits per heavy atom. The monoisotopic (exact) mass is 349 g/mol. The number of aryl methyl sites for hydroxylation is 3. The number of benzene rings is 2. The highest BCUT2D eigenvalue weighted by atomic mass is 16.5. The number of methoxy groups -OCH3 is 1.